The lowest BCUT2D eigenvalue weighted by molar-refractivity contribution is 0.517. The molecule has 3 nitrogen and oxygen atoms in total. The van der Waals surface area contributed by atoms with Crippen molar-refractivity contribution in [2.75, 3.05) is 11.9 Å². The number of hydrogen-bond donors (Lipinski definition) is 2. The number of hydrogen-bond acceptors (Lipinski definition) is 3. The molecule has 100 valence electrons. The predicted molar refractivity (Wildman–Crippen MR) is 80.6 cm³/mol. The number of aromatic nitrogens is 1. The molecule has 0 bridgehead atoms. The summed E-state index contributed by atoms with van der Waals surface area (Å²) >= 11 is 6.21. The SMILES string of the molecule is NCC1CCCC1Nc1ccc(Cl)c2cccnc12. The summed E-state index contributed by atoms with van der Waals surface area (Å²) in [6.45, 7) is 0.747. The number of benzene rings is 1. The van der Waals surface area contributed by atoms with Crippen molar-refractivity contribution in [1.82, 2.24) is 4.98 Å². The van der Waals surface area contributed by atoms with E-state index in [9.17, 15) is 0 Å². The molecule has 1 aliphatic rings. The molecule has 19 heavy (non-hydrogen) atoms. The minimum Gasteiger partial charge on any atom is -0.380 e. The summed E-state index contributed by atoms with van der Waals surface area (Å²) in [7, 11) is 0. The second-order valence-electron chi connectivity index (χ2n) is 5.17. The highest BCUT2D eigenvalue weighted by Gasteiger charge is 2.26. The van der Waals surface area contributed by atoms with Gasteiger partial charge in [0.15, 0.2) is 0 Å². The Morgan fingerprint density at radius 1 is 1.32 bits per heavy atom. The van der Waals surface area contributed by atoms with Crippen LogP contribution in [0.5, 0.6) is 0 Å². The average molecular weight is 276 g/mol. The Bertz CT molecular complexity index is 585. The lowest BCUT2D eigenvalue weighted by Crippen LogP contribution is -2.29. The molecular formula is C15H18ClN3. The maximum absolute atomic E-state index is 6.21. The summed E-state index contributed by atoms with van der Waals surface area (Å²) in [5, 5.41) is 5.35. The van der Waals surface area contributed by atoms with Crippen LogP contribution < -0.4 is 11.1 Å². The van der Waals surface area contributed by atoms with Crippen molar-refractivity contribution >= 4 is 28.2 Å². The Morgan fingerprint density at radius 3 is 3.05 bits per heavy atom. The van der Waals surface area contributed by atoms with Crippen molar-refractivity contribution in [3.8, 4) is 0 Å². The molecule has 1 fully saturated rings. The first-order chi connectivity index (χ1) is 9.29. The van der Waals surface area contributed by atoms with Gasteiger partial charge in [-0.15, -0.1) is 0 Å². The van der Waals surface area contributed by atoms with Gasteiger partial charge in [-0.25, -0.2) is 0 Å². The van der Waals surface area contributed by atoms with E-state index in [1.807, 2.05) is 24.3 Å². The van der Waals surface area contributed by atoms with Gasteiger partial charge in [0.2, 0.25) is 0 Å². The van der Waals surface area contributed by atoms with Gasteiger partial charge in [0, 0.05) is 17.6 Å². The third-order valence-corrected chi connectivity index (χ3v) is 4.35. The van der Waals surface area contributed by atoms with Gasteiger partial charge in [0.25, 0.3) is 0 Å². The number of nitrogens with zero attached hydrogens (tertiary/aromatic N) is 1. The summed E-state index contributed by atoms with van der Waals surface area (Å²) < 4.78 is 0. The first-order valence-corrected chi connectivity index (χ1v) is 7.17. The summed E-state index contributed by atoms with van der Waals surface area (Å²) in [5.41, 5.74) is 7.84. The monoisotopic (exact) mass is 275 g/mol. The maximum Gasteiger partial charge on any atom is 0.0948 e. The molecule has 2 unspecified atom stereocenters. The van der Waals surface area contributed by atoms with Gasteiger partial charge >= 0.3 is 0 Å². The minimum absolute atomic E-state index is 0.455. The topological polar surface area (TPSA) is 50.9 Å². The molecule has 4 heteroatoms. The summed E-state index contributed by atoms with van der Waals surface area (Å²) in [6, 6.07) is 8.32. The summed E-state index contributed by atoms with van der Waals surface area (Å²) in [6.07, 6.45) is 5.45. The Hall–Kier alpha value is -1.32. The zero-order chi connectivity index (χ0) is 13.2. The van der Waals surface area contributed by atoms with Crippen LogP contribution in [0, 0.1) is 5.92 Å². The highest BCUT2D eigenvalue weighted by molar-refractivity contribution is 6.35. The van der Waals surface area contributed by atoms with Crippen LogP contribution in [0.2, 0.25) is 5.02 Å². The highest BCUT2D eigenvalue weighted by Crippen LogP contribution is 2.32. The van der Waals surface area contributed by atoms with Crippen LogP contribution in [0.4, 0.5) is 5.69 Å². The van der Waals surface area contributed by atoms with Crippen LogP contribution in [0.15, 0.2) is 30.5 Å². The van der Waals surface area contributed by atoms with Crippen molar-refractivity contribution in [2.24, 2.45) is 11.7 Å². The number of anilines is 1. The molecule has 0 radical (unpaired) electrons. The first-order valence-electron chi connectivity index (χ1n) is 6.79. The molecule has 1 aromatic heterocycles. The molecule has 0 amide bonds. The first kappa shape index (κ1) is 12.7. The standard InChI is InChI=1S/C15H18ClN3/c16-12-6-7-14(15-11(12)4-2-8-18-15)19-13-5-1-3-10(13)9-17/h2,4,6-8,10,13,19H,1,3,5,9,17H2. The quantitative estimate of drug-likeness (QED) is 0.902. The molecule has 3 rings (SSSR count). The number of rotatable bonds is 3. The van der Waals surface area contributed by atoms with Crippen molar-refractivity contribution in [2.45, 2.75) is 25.3 Å². The Morgan fingerprint density at radius 2 is 2.21 bits per heavy atom. The minimum atomic E-state index is 0.455. The fraction of sp³-hybridized carbons (Fsp3) is 0.400. The van der Waals surface area contributed by atoms with E-state index < -0.39 is 0 Å². The van der Waals surface area contributed by atoms with Gasteiger partial charge < -0.3 is 11.1 Å². The van der Waals surface area contributed by atoms with E-state index in [0.29, 0.717) is 12.0 Å². The van der Waals surface area contributed by atoms with E-state index >= 15 is 0 Å². The predicted octanol–water partition coefficient (Wildman–Crippen LogP) is 3.43. The number of nitrogens with two attached hydrogens (primary N) is 1. The summed E-state index contributed by atoms with van der Waals surface area (Å²) in [5.74, 6) is 0.564. The highest BCUT2D eigenvalue weighted by atomic mass is 35.5. The van der Waals surface area contributed by atoms with Gasteiger partial charge in [-0.3, -0.25) is 4.98 Å². The zero-order valence-electron chi connectivity index (χ0n) is 10.8. The number of nitrogens with one attached hydrogen (secondary N) is 1. The maximum atomic E-state index is 6.21. The van der Waals surface area contributed by atoms with Crippen LogP contribution in [0.25, 0.3) is 10.9 Å². The Labute approximate surface area is 118 Å². The number of halogens is 1. The lowest BCUT2D eigenvalue weighted by Gasteiger charge is -2.21. The molecule has 0 spiro atoms. The van der Waals surface area contributed by atoms with Gasteiger partial charge in [0.05, 0.1) is 16.2 Å². The Kier molecular flexibility index (Phi) is 3.58. The van der Waals surface area contributed by atoms with Crippen molar-refractivity contribution < 1.29 is 0 Å². The fourth-order valence-electron chi connectivity index (χ4n) is 2.96. The summed E-state index contributed by atoms with van der Waals surface area (Å²) in [4.78, 5) is 4.46. The van der Waals surface area contributed by atoms with Crippen molar-refractivity contribution in [3.05, 3.63) is 35.5 Å². The number of fused-ring (bicyclic) bond motifs is 1. The van der Waals surface area contributed by atoms with Crippen LogP contribution in [0.1, 0.15) is 19.3 Å². The van der Waals surface area contributed by atoms with Gasteiger partial charge in [-0.1, -0.05) is 18.0 Å². The van der Waals surface area contributed by atoms with E-state index in [2.05, 4.69) is 10.3 Å². The molecule has 0 aliphatic heterocycles. The van der Waals surface area contributed by atoms with Gasteiger partial charge in [0.1, 0.15) is 0 Å². The number of pyridine rings is 1. The van der Waals surface area contributed by atoms with E-state index in [1.54, 1.807) is 6.20 Å². The van der Waals surface area contributed by atoms with Gasteiger partial charge in [-0.05, 0) is 49.6 Å². The van der Waals surface area contributed by atoms with E-state index in [1.165, 1.54) is 19.3 Å². The second-order valence-corrected chi connectivity index (χ2v) is 5.58. The smallest absolute Gasteiger partial charge is 0.0948 e. The third-order valence-electron chi connectivity index (χ3n) is 4.02. The Balaban J connectivity index is 1.95. The second kappa shape index (κ2) is 5.35. The van der Waals surface area contributed by atoms with Crippen LogP contribution >= 0.6 is 11.6 Å². The molecule has 3 N–H and O–H groups in total. The zero-order valence-corrected chi connectivity index (χ0v) is 11.5. The van der Waals surface area contributed by atoms with Crippen LogP contribution in [-0.2, 0) is 0 Å². The molecular weight excluding hydrogens is 258 g/mol. The van der Waals surface area contributed by atoms with Crippen molar-refractivity contribution in [1.29, 1.82) is 0 Å². The molecule has 2 aromatic rings. The fourth-order valence-corrected chi connectivity index (χ4v) is 3.18. The molecule has 1 saturated carbocycles. The van der Waals surface area contributed by atoms with E-state index in [-0.39, 0.29) is 0 Å². The molecule has 2 atom stereocenters. The van der Waals surface area contributed by atoms with E-state index in [0.717, 1.165) is 28.2 Å². The molecule has 1 heterocycles. The van der Waals surface area contributed by atoms with Crippen molar-refractivity contribution in [3.63, 3.8) is 0 Å². The van der Waals surface area contributed by atoms with Gasteiger partial charge in [-0.2, -0.15) is 0 Å². The van der Waals surface area contributed by atoms with Crippen LogP contribution in [-0.4, -0.2) is 17.6 Å². The van der Waals surface area contributed by atoms with E-state index in [4.69, 9.17) is 17.3 Å². The normalized spacial score (nSPS) is 22.8. The lowest BCUT2D eigenvalue weighted by atomic mass is 10.0. The van der Waals surface area contributed by atoms with Crippen LogP contribution in [0.3, 0.4) is 0 Å². The molecule has 1 aromatic carbocycles. The molecule has 0 saturated heterocycles. The largest absolute Gasteiger partial charge is 0.380 e. The molecule has 1 aliphatic carbocycles. The third kappa shape index (κ3) is 2.40. The average Bonchev–Trinajstić information content (AvgIpc) is 2.89.